The van der Waals surface area contributed by atoms with E-state index in [9.17, 15) is 13.2 Å². The van der Waals surface area contributed by atoms with Crippen LogP contribution in [0.5, 0.6) is 5.88 Å². The van der Waals surface area contributed by atoms with Gasteiger partial charge in [-0.2, -0.15) is 23.1 Å². The fourth-order valence-electron chi connectivity index (χ4n) is 1.24. The van der Waals surface area contributed by atoms with Crippen LogP contribution < -0.4 is 10.1 Å². The van der Waals surface area contributed by atoms with Crippen molar-refractivity contribution < 1.29 is 17.9 Å². The van der Waals surface area contributed by atoms with Crippen LogP contribution in [0.15, 0.2) is 6.33 Å². The average molecular weight is 261 g/mol. The van der Waals surface area contributed by atoms with Crippen LogP contribution in [0.25, 0.3) is 11.2 Å². The molecule has 0 saturated heterocycles. The fraction of sp³-hybridized carbons (Fsp3) is 0.444. The molecule has 2 rings (SSSR count). The van der Waals surface area contributed by atoms with Gasteiger partial charge < -0.3 is 15.0 Å². The van der Waals surface area contributed by atoms with E-state index in [2.05, 4.69) is 25.3 Å². The first-order chi connectivity index (χ1) is 8.41. The first-order valence-electron chi connectivity index (χ1n) is 5.04. The molecular formula is C9H10F3N5O. The van der Waals surface area contributed by atoms with Gasteiger partial charge in [0.25, 0.3) is 0 Å². The van der Waals surface area contributed by atoms with Crippen LogP contribution in [0.1, 0.15) is 6.92 Å². The Labute approximate surface area is 99.6 Å². The third-order valence-corrected chi connectivity index (χ3v) is 2.23. The summed E-state index contributed by atoms with van der Waals surface area (Å²) < 4.78 is 42.1. The third kappa shape index (κ3) is 2.29. The van der Waals surface area contributed by atoms with E-state index in [1.165, 1.54) is 6.33 Å². The Morgan fingerprint density at radius 2 is 2.11 bits per heavy atom. The molecule has 0 fully saturated rings. The number of halogens is 3. The van der Waals surface area contributed by atoms with Crippen LogP contribution in [-0.2, 0) is 0 Å². The second-order valence-corrected chi connectivity index (χ2v) is 3.51. The van der Waals surface area contributed by atoms with Crippen LogP contribution in [0.2, 0.25) is 0 Å². The Hall–Kier alpha value is -2.06. The number of nitrogens with one attached hydrogen (secondary N) is 2. The number of H-pyrrole nitrogens is 1. The van der Waals surface area contributed by atoms with Gasteiger partial charge in [-0.05, 0) is 6.92 Å². The summed E-state index contributed by atoms with van der Waals surface area (Å²) in [5, 5.41) is 2.62. The van der Waals surface area contributed by atoms with Crippen molar-refractivity contribution in [2.45, 2.75) is 19.2 Å². The van der Waals surface area contributed by atoms with E-state index in [0.29, 0.717) is 0 Å². The molecular weight excluding hydrogens is 251 g/mol. The molecule has 0 aromatic carbocycles. The van der Waals surface area contributed by atoms with Gasteiger partial charge in [0, 0.05) is 7.05 Å². The van der Waals surface area contributed by atoms with Gasteiger partial charge in [-0.15, -0.1) is 0 Å². The summed E-state index contributed by atoms with van der Waals surface area (Å²) in [5.74, 6) is -0.0503. The van der Waals surface area contributed by atoms with Gasteiger partial charge in [0.05, 0.1) is 6.33 Å². The van der Waals surface area contributed by atoms with Gasteiger partial charge >= 0.3 is 6.18 Å². The number of anilines is 1. The zero-order chi connectivity index (χ0) is 13.3. The largest absolute Gasteiger partial charge is 0.463 e. The van der Waals surface area contributed by atoms with E-state index in [-0.39, 0.29) is 23.0 Å². The first kappa shape index (κ1) is 12.4. The Bertz CT molecular complexity index is 553. The van der Waals surface area contributed by atoms with Gasteiger partial charge in [-0.3, -0.25) is 0 Å². The molecule has 0 bridgehead atoms. The van der Waals surface area contributed by atoms with E-state index in [0.717, 1.165) is 6.92 Å². The molecule has 0 radical (unpaired) electrons. The van der Waals surface area contributed by atoms with E-state index >= 15 is 0 Å². The second-order valence-electron chi connectivity index (χ2n) is 3.51. The van der Waals surface area contributed by atoms with Gasteiger partial charge in [-0.1, -0.05) is 0 Å². The highest BCUT2D eigenvalue weighted by Gasteiger charge is 2.38. The summed E-state index contributed by atoms with van der Waals surface area (Å²) in [6, 6.07) is 0. The summed E-state index contributed by atoms with van der Waals surface area (Å²) >= 11 is 0. The van der Waals surface area contributed by atoms with E-state index in [4.69, 9.17) is 4.74 Å². The fourth-order valence-corrected chi connectivity index (χ4v) is 1.24. The van der Waals surface area contributed by atoms with Gasteiger partial charge in [0.1, 0.15) is 5.52 Å². The molecule has 0 aliphatic carbocycles. The molecule has 18 heavy (non-hydrogen) atoms. The Balaban J connectivity index is 2.40. The molecule has 2 heterocycles. The quantitative estimate of drug-likeness (QED) is 0.879. The Morgan fingerprint density at radius 1 is 1.39 bits per heavy atom. The topological polar surface area (TPSA) is 75.7 Å². The summed E-state index contributed by atoms with van der Waals surface area (Å²) in [6.07, 6.45) is -5.12. The molecule has 0 aliphatic heterocycles. The molecule has 98 valence electrons. The normalized spacial score (nSPS) is 13.6. The molecule has 1 unspecified atom stereocenters. The van der Waals surface area contributed by atoms with Crippen LogP contribution in [-0.4, -0.2) is 39.3 Å². The van der Waals surface area contributed by atoms with Gasteiger partial charge in [-0.25, -0.2) is 4.98 Å². The molecule has 6 nitrogen and oxygen atoms in total. The number of nitrogens with zero attached hydrogens (tertiary/aromatic N) is 3. The molecule has 0 saturated carbocycles. The number of imidazole rings is 1. The predicted molar refractivity (Wildman–Crippen MR) is 57.4 cm³/mol. The number of fused-ring (bicyclic) bond motifs is 1. The number of alkyl halides is 3. The maximum absolute atomic E-state index is 12.4. The number of rotatable bonds is 3. The summed E-state index contributed by atoms with van der Waals surface area (Å²) in [5.41, 5.74) is 0.462. The molecule has 9 heteroatoms. The van der Waals surface area contributed by atoms with Crippen molar-refractivity contribution in [2.24, 2.45) is 0 Å². The SMILES string of the molecule is CNc1nc(OC(C)C(F)(F)F)c2[nH]cnc2n1. The first-order valence-corrected chi connectivity index (χ1v) is 5.04. The molecule has 0 spiro atoms. The minimum atomic E-state index is -4.46. The average Bonchev–Trinajstić information content (AvgIpc) is 2.75. The number of hydrogen-bond donors (Lipinski definition) is 2. The standard InChI is InChI=1S/C9H10F3N5O/c1-4(9(10,11)12)18-7-5-6(15-3-14-5)16-8(13-2)17-7/h3-4H,1-2H3,(H2,13,14,15,16,17). The van der Waals surface area contributed by atoms with Crippen molar-refractivity contribution in [1.29, 1.82) is 0 Å². The van der Waals surface area contributed by atoms with Crippen molar-refractivity contribution >= 4 is 17.1 Å². The van der Waals surface area contributed by atoms with Crippen LogP contribution in [0.4, 0.5) is 19.1 Å². The number of aromatic amines is 1. The van der Waals surface area contributed by atoms with Crippen molar-refractivity contribution in [3.63, 3.8) is 0 Å². The zero-order valence-electron chi connectivity index (χ0n) is 9.54. The molecule has 2 aromatic heterocycles. The maximum atomic E-state index is 12.4. The smallest absolute Gasteiger partial charge is 0.425 e. The Kier molecular flexibility index (Phi) is 2.97. The molecule has 0 aliphatic rings. The lowest BCUT2D eigenvalue weighted by Crippen LogP contribution is -2.31. The predicted octanol–water partition coefficient (Wildman–Crippen LogP) is 1.72. The number of hydrogen-bond acceptors (Lipinski definition) is 5. The van der Waals surface area contributed by atoms with E-state index in [1.54, 1.807) is 7.05 Å². The highest BCUT2D eigenvalue weighted by molar-refractivity contribution is 5.76. The van der Waals surface area contributed by atoms with Crippen LogP contribution in [0.3, 0.4) is 0 Å². The zero-order valence-corrected chi connectivity index (χ0v) is 9.54. The molecule has 1 atom stereocenters. The van der Waals surface area contributed by atoms with Gasteiger partial charge in [0.15, 0.2) is 11.8 Å². The van der Waals surface area contributed by atoms with Gasteiger partial charge in [0.2, 0.25) is 11.8 Å². The lowest BCUT2D eigenvalue weighted by molar-refractivity contribution is -0.189. The Morgan fingerprint density at radius 3 is 2.72 bits per heavy atom. The molecule has 2 aromatic rings. The van der Waals surface area contributed by atoms with E-state index < -0.39 is 12.3 Å². The second kappa shape index (κ2) is 4.31. The lowest BCUT2D eigenvalue weighted by atomic mass is 10.4. The third-order valence-electron chi connectivity index (χ3n) is 2.23. The van der Waals surface area contributed by atoms with E-state index in [1.807, 2.05) is 0 Å². The van der Waals surface area contributed by atoms with Crippen molar-refractivity contribution in [1.82, 2.24) is 19.9 Å². The minimum Gasteiger partial charge on any atom is -0.463 e. The minimum absolute atomic E-state index is 0.138. The maximum Gasteiger partial charge on any atom is 0.425 e. The van der Waals surface area contributed by atoms with Crippen molar-refractivity contribution in [2.75, 3.05) is 12.4 Å². The number of ether oxygens (including phenoxy) is 1. The summed E-state index contributed by atoms with van der Waals surface area (Å²) in [6.45, 7) is 0.906. The molecule has 2 N–H and O–H groups in total. The van der Waals surface area contributed by atoms with Crippen molar-refractivity contribution in [3.8, 4) is 5.88 Å². The van der Waals surface area contributed by atoms with Crippen LogP contribution >= 0.6 is 0 Å². The van der Waals surface area contributed by atoms with Crippen LogP contribution in [0, 0.1) is 0 Å². The van der Waals surface area contributed by atoms with Crippen molar-refractivity contribution in [3.05, 3.63) is 6.33 Å². The summed E-state index contributed by atoms with van der Waals surface area (Å²) in [7, 11) is 1.55. The highest BCUT2D eigenvalue weighted by Crippen LogP contribution is 2.27. The lowest BCUT2D eigenvalue weighted by Gasteiger charge is -2.17. The highest BCUT2D eigenvalue weighted by atomic mass is 19.4. The summed E-state index contributed by atoms with van der Waals surface area (Å²) in [4.78, 5) is 14.3. The molecule has 0 amide bonds. The monoisotopic (exact) mass is 261 g/mol. The number of aromatic nitrogens is 4.